The van der Waals surface area contributed by atoms with Crippen molar-refractivity contribution in [2.45, 2.75) is 32.1 Å². The van der Waals surface area contributed by atoms with Crippen molar-refractivity contribution in [1.82, 2.24) is 4.98 Å². The molecule has 4 rings (SSSR count). The first-order chi connectivity index (χ1) is 11.8. The summed E-state index contributed by atoms with van der Waals surface area (Å²) in [6, 6.07) is 20.5. The molecule has 2 nitrogen and oxygen atoms in total. The molecule has 0 saturated carbocycles. The van der Waals surface area contributed by atoms with Gasteiger partial charge in [-0.25, -0.2) is 0 Å². The molecular weight excluding hydrogens is 294 g/mol. The molecule has 0 amide bonds. The van der Waals surface area contributed by atoms with Gasteiger partial charge in [0.15, 0.2) is 0 Å². The van der Waals surface area contributed by atoms with Crippen molar-refractivity contribution in [2.24, 2.45) is 0 Å². The predicted molar refractivity (Wildman–Crippen MR) is 98.4 cm³/mol. The van der Waals surface area contributed by atoms with E-state index in [9.17, 15) is 4.79 Å². The van der Waals surface area contributed by atoms with Crippen LogP contribution in [-0.2, 0) is 19.3 Å². The van der Waals surface area contributed by atoms with Crippen LogP contribution >= 0.6 is 0 Å². The van der Waals surface area contributed by atoms with Crippen LogP contribution < -0.4 is 5.56 Å². The van der Waals surface area contributed by atoms with E-state index in [1.54, 1.807) is 0 Å². The fourth-order valence-electron chi connectivity index (χ4n) is 3.75. The second-order valence-corrected chi connectivity index (χ2v) is 6.50. The fraction of sp³-hybridized carbons (Fsp3) is 0.227. The maximum Gasteiger partial charge on any atom is 0.252 e. The molecule has 1 N–H and O–H groups in total. The number of aromatic amines is 1. The van der Waals surface area contributed by atoms with E-state index in [4.69, 9.17) is 0 Å². The minimum absolute atomic E-state index is 0.0679. The summed E-state index contributed by atoms with van der Waals surface area (Å²) in [6.45, 7) is 0. The Morgan fingerprint density at radius 2 is 1.42 bits per heavy atom. The Hall–Kier alpha value is -2.61. The van der Waals surface area contributed by atoms with Gasteiger partial charge in [0.25, 0.3) is 5.56 Å². The maximum atomic E-state index is 12.8. The summed E-state index contributed by atoms with van der Waals surface area (Å²) in [4.78, 5) is 16.0. The number of fused-ring (bicyclic) bond motifs is 1. The molecule has 0 saturated heterocycles. The molecule has 0 fully saturated rings. The molecule has 1 aromatic heterocycles. The molecule has 0 radical (unpaired) electrons. The van der Waals surface area contributed by atoms with Crippen LogP contribution in [0.1, 0.15) is 35.1 Å². The van der Waals surface area contributed by atoms with E-state index in [0.717, 1.165) is 29.7 Å². The van der Waals surface area contributed by atoms with E-state index < -0.39 is 0 Å². The lowest BCUT2D eigenvalue weighted by Crippen LogP contribution is -2.22. The monoisotopic (exact) mass is 315 g/mol. The van der Waals surface area contributed by atoms with Crippen LogP contribution in [0.3, 0.4) is 0 Å². The van der Waals surface area contributed by atoms with Gasteiger partial charge >= 0.3 is 0 Å². The quantitative estimate of drug-likeness (QED) is 0.758. The second-order valence-electron chi connectivity index (χ2n) is 6.50. The van der Waals surface area contributed by atoms with Crippen molar-refractivity contribution in [3.63, 3.8) is 0 Å². The molecule has 1 heterocycles. The lowest BCUT2D eigenvalue weighted by atomic mass is 9.84. The topological polar surface area (TPSA) is 32.9 Å². The van der Waals surface area contributed by atoms with E-state index in [1.807, 2.05) is 36.4 Å². The van der Waals surface area contributed by atoms with Crippen LogP contribution in [0.4, 0.5) is 0 Å². The van der Waals surface area contributed by atoms with Gasteiger partial charge in [0, 0.05) is 12.0 Å². The summed E-state index contributed by atoms with van der Waals surface area (Å²) in [5, 5.41) is 0. The molecule has 120 valence electrons. The fourth-order valence-corrected chi connectivity index (χ4v) is 3.75. The highest BCUT2D eigenvalue weighted by atomic mass is 16.1. The van der Waals surface area contributed by atoms with Crippen molar-refractivity contribution in [3.05, 3.63) is 93.3 Å². The minimum atomic E-state index is 0.0679. The predicted octanol–water partition coefficient (Wildman–Crippen LogP) is 4.51. The van der Waals surface area contributed by atoms with Gasteiger partial charge in [0.2, 0.25) is 0 Å². The molecule has 0 unspecified atom stereocenters. The Balaban J connectivity index is 1.86. The zero-order valence-electron chi connectivity index (χ0n) is 13.7. The molecule has 0 atom stereocenters. The first kappa shape index (κ1) is 14.9. The zero-order chi connectivity index (χ0) is 16.4. The van der Waals surface area contributed by atoms with Gasteiger partial charge in [-0.15, -0.1) is 0 Å². The third-order valence-electron chi connectivity index (χ3n) is 4.93. The third kappa shape index (κ3) is 2.80. The largest absolute Gasteiger partial charge is 0.321 e. The lowest BCUT2D eigenvalue weighted by molar-refractivity contribution is 0.675. The molecule has 1 aliphatic carbocycles. The summed E-state index contributed by atoms with van der Waals surface area (Å²) >= 11 is 0. The average molecular weight is 315 g/mol. The molecular formula is C22H21NO. The number of nitrogens with one attached hydrogen (secondary N) is 1. The molecule has 1 aliphatic rings. The van der Waals surface area contributed by atoms with Crippen LogP contribution in [-0.4, -0.2) is 4.98 Å². The molecule has 3 aromatic rings. The highest BCUT2D eigenvalue weighted by Gasteiger charge is 2.21. The third-order valence-corrected chi connectivity index (χ3v) is 4.93. The standard InChI is InChI=1S/C22H21NO/c24-22-20(15-16-9-3-1-4-10-16)18-13-7-8-14-19(18)21(23-22)17-11-5-2-6-12-17/h1-6,9-12H,7-8,13-15H2,(H,23,24). The summed E-state index contributed by atoms with van der Waals surface area (Å²) < 4.78 is 0. The molecule has 2 aromatic carbocycles. The summed E-state index contributed by atoms with van der Waals surface area (Å²) in [5.74, 6) is 0. The highest BCUT2D eigenvalue weighted by molar-refractivity contribution is 5.66. The van der Waals surface area contributed by atoms with Crippen LogP contribution in [0, 0.1) is 0 Å². The number of hydrogen-bond donors (Lipinski definition) is 1. The molecule has 0 aliphatic heterocycles. The molecule has 0 spiro atoms. The second kappa shape index (κ2) is 6.48. The first-order valence-electron chi connectivity index (χ1n) is 8.69. The molecule has 2 heteroatoms. The van der Waals surface area contributed by atoms with Crippen molar-refractivity contribution >= 4 is 0 Å². The van der Waals surface area contributed by atoms with Crippen molar-refractivity contribution in [1.29, 1.82) is 0 Å². The van der Waals surface area contributed by atoms with Gasteiger partial charge in [-0.2, -0.15) is 0 Å². The van der Waals surface area contributed by atoms with Crippen molar-refractivity contribution < 1.29 is 0 Å². The number of hydrogen-bond acceptors (Lipinski definition) is 1. The Labute approximate surface area is 142 Å². The lowest BCUT2D eigenvalue weighted by Gasteiger charge is -2.22. The molecule has 0 bridgehead atoms. The Kier molecular flexibility index (Phi) is 4.04. The summed E-state index contributed by atoms with van der Waals surface area (Å²) in [6.07, 6.45) is 5.16. The normalized spacial score (nSPS) is 13.5. The number of benzene rings is 2. The summed E-state index contributed by atoms with van der Waals surface area (Å²) in [5.41, 5.74) is 6.98. The SMILES string of the molecule is O=c1[nH]c(-c2ccccc2)c2c(c1Cc1ccccc1)CCCC2. The number of H-pyrrole nitrogens is 1. The Bertz CT molecular complexity index is 895. The van der Waals surface area contributed by atoms with Gasteiger partial charge in [-0.3, -0.25) is 4.79 Å². The summed E-state index contributed by atoms with van der Waals surface area (Å²) in [7, 11) is 0. The van der Waals surface area contributed by atoms with Gasteiger partial charge in [-0.1, -0.05) is 60.7 Å². The van der Waals surface area contributed by atoms with Gasteiger partial charge < -0.3 is 4.98 Å². The van der Waals surface area contributed by atoms with Crippen molar-refractivity contribution in [3.8, 4) is 11.3 Å². The van der Waals surface area contributed by atoms with Crippen LogP contribution in [0.25, 0.3) is 11.3 Å². The van der Waals surface area contributed by atoms with E-state index in [1.165, 1.54) is 29.5 Å². The van der Waals surface area contributed by atoms with E-state index >= 15 is 0 Å². The molecule has 24 heavy (non-hydrogen) atoms. The Morgan fingerprint density at radius 1 is 0.792 bits per heavy atom. The number of rotatable bonds is 3. The van der Waals surface area contributed by atoms with Crippen molar-refractivity contribution in [2.75, 3.05) is 0 Å². The zero-order valence-corrected chi connectivity index (χ0v) is 13.7. The smallest absolute Gasteiger partial charge is 0.252 e. The van der Waals surface area contributed by atoms with E-state index in [2.05, 4.69) is 29.2 Å². The van der Waals surface area contributed by atoms with E-state index in [-0.39, 0.29) is 5.56 Å². The number of aromatic nitrogens is 1. The van der Waals surface area contributed by atoms with Crippen LogP contribution in [0.15, 0.2) is 65.5 Å². The Morgan fingerprint density at radius 3 is 2.12 bits per heavy atom. The van der Waals surface area contributed by atoms with Crippen LogP contribution in [0.2, 0.25) is 0 Å². The average Bonchev–Trinajstić information content (AvgIpc) is 2.65. The first-order valence-corrected chi connectivity index (χ1v) is 8.69. The minimum Gasteiger partial charge on any atom is -0.321 e. The van der Waals surface area contributed by atoms with Gasteiger partial charge in [-0.05, 0) is 47.9 Å². The maximum absolute atomic E-state index is 12.8. The van der Waals surface area contributed by atoms with Gasteiger partial charge in [0.05, 0.1) is 5.69 Å². The van der Waals surface area contributed by atoms with Gasteiger partial charge in [0.1, 0.15) is 0 Å². The van der Waals surface area contributed by atoms with E-state index in [0.29, 0.717) is 6.42 Å². The van der Waals surface area contributed by atoms with Crippen LogP contribution in [0.5, 0.6) is 0 Å². The highest BCUT2D eigenvalue weighted by Crippen LogP contribution is 2.31. The number of pyridine rings is 1.